The molecule has 1 aliphatic carbocycles. The Morgan fingerprint density at radius 2 is 0.915 bits per heavy atom. The van der Waals surface area contributed by atoms with Gasteiger partial charge in [0.15, 0.2) is 6.10 Å². The van der Waals surface area contributed by atoms with E-state index in [-0.39, 0.29) is 12.8 Å². The maximum absolute atomic E-state index is 12.8. The Bertz CT molecular complexity index is 1270. The summed E-state index contributed by atoms with van der Waals surface area (Å²) in [4.78, 5) is 35.6. The first kappa shape index (κ1) is 54.6. The molecule has 0 saturated heterocycles. The zero-order valence-electron chi connectivity index (χ0n) is 35.8. The summed E-state index contributed by atoms with van der Waals surface area (Å²) >= 11 is 0. The van der Waals surface area contributed by atoms with Gasteiger partial charge in [0.2, 0.25) is 0 Å². The number of unbranched alkanes of at least 4 members (excludes halogenated alkanes) is 13. The Labute approximate surface area is 353 Å². The summed E-state index contributed by atoms with van der Waals surface area (Å²) in [6.07, 6.45) is 28.5. The van der Waals surface area contributed by atoms with Crippen molar-refractivity contribution >= 4 is 19.8 Å². The van der Waals surface area contributed by atoms with E-state index in [2.05, 4.69) is 74.6 Å². The van der Waals surface area contributed by atoms with Crippen molar-refractivity contribution in [1.82, 2.24) is 0 Å². The molecule has 1 rings (SSSR count). The molecule has 1 aliphatic rings. The standard InChI is InChI=1S/C45H77O13P/c1-3-5-7-9-11-13-15-17-19-21-23-25-27-29-31-33-38(46)55-35-37(36-56-59(53,54)58-45-43(51)41(49)40(48)42(50)44(45)52)57-39(47)34-32-30-28-26-24-22-20-18-16-14-12-10-8-6-4-2/h11-14,17-20,23,25,37,40-45,48-52H,3-10,15-16,21-22,24,26-36H2,1-2H3,(H,53,54)/b13-11-,14-12-,19-17-,20-18-,25-23-/t37-,40?,41-,42?,43?,44?,45?/m1/s1. The van der Waals surface area contributed by atoms with Gasteiger partial charge in [0, 0.05) is 12.8 Å². The molecule has 1 saturated carbocycles. The van der Waals surface area contributed by atoms with Crippen molar-refractivity contribution in [2.45, 2.75) is 198 Å². The van der Waals surface area contributed by atoms with E-state index in [1.807, 2.05) is 0 Å². The van der Waals surface area contributed by atoms with E-state index in [4.69, 9.17) is 18.5 Å². The number of rotatable bonds is 35. The van der Waals surface area contributed by atoms with Gasteiger partial charge in [-0.3, -0.25) is 18.6 Å². The van der Waals surface area contributed by atoms with Gasteiger partial charge in [-0.05, 0) is 83.5 Å². The minimum Gasteiger partial charge on any atom is -0.462 e. The van der Waals surface area contributed by atoms with Crippen LogP contribution in [0.1, 0.15) is 155 Å². The molecule has 59 heavy (non-hydrogen) atoms. The van der Waals surface area contributed by atoms with Gasteiger partial charge in [-0.1, -0.05) is 120 Å². The first-order chi connectivity index (χ1) is 28.4. The zero-order valence-corrected chi connectivity index (χ0v) is 36.7. The molecule has 6 unspecified atom stereocenters. The van der Waals surface area contributed by atoms with E-state index in [9.17, 15) is 44.6 Å². The Morgan fingerprint density at radius 1 is 0.525 bits per heavy atom. The normalized spacial score (nSPS) is 22.9. The van der Waals surface area contributed by atoms with E-state index < -0.39 is 75.7 Å². The number of carbonyl (C=O) groups excluding carboxylic acids is 2. The predicted molar refractivity (Wildman–Crippen MR) is 230 cm³/mol. The number of hydrogen-bond donors (Lipinski definition) is 6. The zero-order chi connectivity index (χ0) is 43.6. The first-order valence-corrected chi connectivity index (χ1v) is 23.6. The van der Waals surface area contributed by atoms with Crippen molar-refractivity contribution in [2.24, 2.45) is 0 Å². The lowest BCUT2D eigenvalue weighted by atomic mass is 9.85. The van der Waals surface area contributed by atoms with Crippen LogP contribution in [-0.4, -0.2) is 98.3 Å². The third-order valence-corrected chi connectivity index (χ3v) is 10.8. The summed E-state index contributed by atoms with van der Waals surface area (Å²) in [5.74, 6) is -1.17. The second-order valence-electron chi connectivity index (χ2n) is 15.2. The van der Waals surface area contributed by atoms with Crippen LogP contribution in [0.5, 0.6) is 0 Å². The molecule has 0 radical (unpaired) electrons. The van der Waals surface area contributed by atoms with Gasteiger partial charge in [-0.25, -0.2) is 4.57 Å². The summed E-state index contributed by atoms with van der Waals surface area (Å²) in [6, 6.07) is 0. The lowest BCUT2D eigenvalue weighted by Gasteiger charge is -2.41. The van der Waals surface area contributed by atoms with Crippen molar-refractivity contribution < 1.29 is 63.1 Å². The van der Waals surface area contributed by atoms with Crippen LogP contribution in [0.3, 0.4) is 0 Å². The molecule has 0 aromatic carbocycles. The maximum Gasteiger partial charge on any atom is 0.472 e. The average molecular weight is 857 g/mol. The largest absolute Gasteiger partial charge is 0.472 e. The SMILES string of the molecule is CCCCC/C=C\C/C=C\C/C=C\CCCCC(=O)OC[C@H](COP(=O)(O)OC1C(O)C(O)C(O)[C@@H](O)C1O)OC(=O)CCCCCCC/C=C\C/C=C\CCCCC. The monoisotopic (exact) mass is 857 g/mol. The molecule has 0 spiro atoms. The minimum atomic E-state index is -5.13. The van der Waals surface area contributed by atoms with Crippen LogP contribution in [0.25, 0.3) is 0 Å². The van der Waals surface area contributed by atoms with Crippen molar-refractivity contribution in [2.75, 3.05) is 13.2 Å². The van der Waals surface area contributed by atoms with E-state index in [1.54, 1.807) is 0 Å². The highest BCUT2D eigenvalue weighted by molar-refractivity contribution is 7.47. The van der Waals surface area contributed by atoms with Gasteiger partial charge in [-0.15, -0.1) is 0 Å². The summed E-state index contributed by atoms with van der Waals surface area (Å²) in [5, 5.41) is 50.1. The Kier molecular flexibility index (Phi) is 32.5. The molecule has 0 aliphatic heterocycles. The molecule has 0 bridgehead atoms. The fourth-order valence-corrected chi connectivity index (χ4v) is 7.18. The molecular weight excluding hydrogens is 779 g/mol. The fourth-order valence-electron chi connectivity index (χ4n) is 6.20. The maximum atomic E-state index is 12.8. The van der Waals surface area contributed by atoms with E-state index in [0.29, 0.717) is 12.8 Å². The van der Waals surface area contributed by atoms with Crippen LogP contribution >= 0.6 is 7.82 Å². The Hall–Kier alpha value is -2.45. The van der Waals surface area contributed by atoms with E-state index >= 15 is 0 Å². The number of hydrogen-bond acceptors (Lipinski definition) is 12. The second kappa shape index (κ2) is 35.2. The summed E-state index contributed by atoms with van der Waals surface area (Å²) < 4.78 is 33.4. The van der Waals surface area contributed by atoms with Gasteiger partial charge in [-0.2, -0.15) is 0 Å². The Morgan fingerprint density at radius 3 is 1.42 bits per heavy atom. The third-order valence-electron chi connectivity index (χ3n) is 9.83. The molecule has 1 fully saturated rings. The first-order valence-electron chi connectivity index (χ1n) is 22.1. The second-order valence-corrected chi connectivity index (χ2v) is 16.6. The highest BCUT2D eigenvalue weighted by atomic mass is 31.2. The smallest absolute Gasteiger partial charge is 0.462 e. The highest BCUT2D eigenvalue weighted by Gasteiger charge is 2.51. The highest BCUT2D eigenvalue weighted by Crippen LogP contribution is 2.47. The lowest BCUT2D eigenvalue weighted by molar-refractivity contribution is -0.220. The van der Waals surface area contributed by atoms with Crippen LogP contribution in [0, 0.1) is 0 Å². The van der Waals surface area contributed by atoms with Gasteiger partial charge in [0.25, 0.3) is 0 Å². The van der Waals surface area contributed by atoms with Crippen LogP contribution in [0.2, 0.25) is 0 Å². The number of phosphoric acid groups is 1. The van der Waals surface area contributed by atoms with E-state index in [0.717, 1.165) is 77.0 Å². The Balaban J connectivity index is 2.53. The van der Waals surface area contributed by atoms with Gasteiger partial charge < -0.3 is 39.9 Å². The molecule has 0 aromatic rings. The average Bonchev–Trinajstić information content (AvgIpc) is 3.21. The number of aliphatic hydroxyl groups is 5. The van der Waals surface area contributed by atoms with Crippen LogP contribution < -0.4 is 0 Å². The molecule has 8 atom stereocenters. The molecule has 6 N–H and O–H groups in total. The number of aliphatic hydroxyl groups excluding tert-OH is 5. The van der Waals surface area contributed by atoms with Crippen molar-refractivity contribution in [3.05, 3.63) is 60.8 Å². The van der Waals surface area contributed by atoms with Crippen LogP contribution in [0.4, 0.5) is 0 Å². The topological polar surface area (TPSA) is 210 Å². The van der Waals surface area contributed by atoms with Gasteiger partial charge in [0.05, 0.1) is 6.61 Å². The number of carbonyl (C=O) groups is 2. The van der Waals surface area contributed by atoms with Gasteiger partial charge in [0.1, 0.15) is 43.2 Å². The lowest BCUT2D eigenvalue weighted by Crippen LogP contribution is -2.64. The third kappa shape index (κ3) is 27.9. The van der Waals surface area contributed by atoms with E-state index in [1.165, 1.54) is 38.5 Å². The van der Waals surface area contributed by atoms with Crippen molar-refractivity contribution in [3.63, 3.8) is 0 Å². The number of allylic oxidation sites excluding steroid dienone is 10. The van der Waals surface area contributed by atoms with Crippen LogP contribution in [0.15, 0.2) is 60.8 Å². The number of esters is 2. The van der Waals surface area contributed by atoms with Crippen molar-refractivity contribution in [3.8, 4) is 0 Å². The number of phosphoric ester groups is 1. The fraction of sp³-hybridized carbons (Fsp3) is 0.733. The molecule has 0 heterocycles. The quantitative estimate of drug-likeness (QED) is 0.0154. The molecular formula is C45H77O13P. The summed E-state index contributed by atoms with van der Waals surface area (Å²) in [6.45, 7) is 3.18. The molecule has 13 nitrogen and oxygen atoms in total. The molecule has 340 valence electrons. The summed E-state index contributed by atoms with van der Waals surface area (Å²) in [7, 11) is -5.13. The summed E-state index contributed by atoms with van der Waals surface area (Å²) in [5.41, 5.74) is 0. The molecule has 0 aromatic heterocycles. The molecule has 0 amide bonds. The van der Waals surface area contributed by atoms with Crippen molar-refractivity contribution in [1.29, 1.82) is 0 Å². The number of ether oxygens (including phenoxy) is 2. The predicted octanol–water partition coefficient (Wildman–Crippen LogP) is 8.16. The molecule has 14 heteroatoms. The minimum absolute atomic E-state index is 0.0697. The van der Waals surface area contributed by atoms with Gasteiger partial charge >= 0.3 is 19.8 Å². The van der Waals surface area contributed by atoms with Crippen LogP contribution in [-0.2, 0) is 32.7 Å².